The molecule has 0 radical (unpaired) electrons. The third-order valence-electron chi connectivity index (χ3n) is 1.86. The van der Waals surface area contributed by atoms with Crippen molar-refractivity contribution in [2.45, 2.75) is 0 Å². The predicted octanol–water partition coefficient (Wildman–Crippen LogP) is 2.52. The summed E-state index contributed by atoms with van der Waals surface area (Å²) < 4.78 is 14.5. The van der Waals surface area contributed by atoms with Gasteiger partial charge in [0.05, 0.1) is 0 Å². The largest absolute Gasteiger partial charge is 0.457 e. The quantitative estimate of drug-likeness (QED) is 0.619. The van der Waals surface area contributed by atoms with Gasteiger partial charge < -0.3 is 14.0 Å². The molecular weight excluding hydrogens is 246 g/mol. The Hall–Kier alpha value is -2.01. The molecule has 0 spiro atoms. The molecule has 17 heavy (non-hydrogen) atoms. The summed E-state index contributed by atoms with van der Waals surface area (Å²) in [4.78, 5) is 11.3. The lowest BCUT2D eigenvalue weighted by atomic mass is 10.3. The lowest BCUT2D eigenvalue weighted by Gasteiger charge is -2.06. The molecule has 0 amide bonds. The first kappa shape index (κ1) is 11.5. The number of halogens is 1. The Morgan fingerprint density at radius 2 is 2.29 bits per heavy atom. The zero-order chi connectivity index (χ0) is 12.1. The van der Waals surface area contributed by atoms with E-state index < -0.39 is 5.97 Å². The summed E-state index contributed by atoms with van der Waals surface area (Å²) in [6.45, 7) is -0.216. The molecule has 0 saturated carbocycles. The number of hydrogen-bond donors (Lipinski definition) is 0. The fraction of sp³-hybridized carbons (Fsp3) is 0.0909. The van der Waals surface area contributed by atoms with Crippen molar-refractivity contribution >= 4 is 17.6 Å². The number of carbonyl (C=O) groups excluding carboxylic acids is 1. The van der Waals surface area contributed by atoms with Crippen molar-refractivity contribution in [3.8, 4) is 5.75 Å². The highest BCUT2D eigenvalue weighted by molar-refractivity contribution is 6.30. The standard InChI is InChI=1S/C11H8ClNO4/c12-8-2-1-3-9(6-8)15-7-16-11(14)10-4-5-17-13-10/h1-6H,7H2. The predicted molar refractivity (Wildman–Crippen MR) is 58.9 cm³/mol. The molecule has 0 bridgehead atoms. The molecule has 2 rings (SSSR count). The number of esters is 1. The van der Waals surface area contributed by atoms with Crippen LogP contribution in [-0.2, 0) is 4.74 Å². The second kappa shape index (κ2) is 5.36. The lowest BCUT2D eigenvalue weighted by Crippen LogP contribution is -2.10. The van der Waals surface area contributed by atoms with Crippen LogP contribution in [0.25, 0.3) is 0 Å². The van der Waals surface area contributed by atoms with Crippen LogP contribution >= 0.6 is 11.6 Å². The number of benzene rings is 1. The van der Waals surface area contributed by atoms with Crippen molar-refractivity contribution in [1.29, 1.82) is 0 Å². The summed E-state index contributed by atoms with van der Waals surface area (Å²) in [5.74, 6) is -0.0915. The fourth-order valence-corrected chi connectivity index (χ4v) is 1.28. The summed E-state index contributed by atoms with van der Waals surface area (Å²) in [5, 5.41) is 3.98. The number of carbonyl (C=O) groups is 1. The van der Waals surface area contributed by atoms with Gasteiger partial charge in [0.15, 0.2) is 5.69 Å². The normalized spacial score (nSPS) is 9.94. The Morgan fingerprint density at radius 1 is 1.41 bits per heavy atom. The van der Waals surface area contributed by atoms with Gasteiger partial charge >= 0.3 is 5.97 Å². The first-order chi connectivity index (χ1) is 8.25. The maximum Gasteiger partial charge on any atom is 0.363 e. The second-order valence-corrected chi connectivity index (χ2v) is 3.47. The molecule has 5 nitrogen and oxygen atoms in total. The first-order valence-corrected chi connectivity index (χ1v) is 5.09. The molecule has 0 saturated heterocycles. The lowest BCUT2D eigenvalue weighted by molar-refractivity contribution is 0.0144. The van der Waals surface area contributed by atoms with E-state index in [4.69, 9.17) is 21.1 Å². The van der Waals surface area contributed by atoms with E-state index in [1.165, 1.54) is 12.3 Å². The average Bonchev–Trinajstić information content (AvgIpc) is 2.82. The van der Waals surface area contributed by atoms with E-state index in [1.54, 1.807) is 24.3 Å². The van der Waals surface area contributed by atoms with Gasteiger partial charge in [0.1, 0.15) is 12.0 Å². The molecule has 6 heteroatoms. The van der Waals surface area contributed by atoms with Crippen molar-refractivity contribution in [3.63, 3.8) is 0 Å². The summed E-state index contributed by atoms with van der Waals surface area (Å²) in [6, 6.07) is 8.18. The summed E-state index contributed by atoms with van der Waals surface area (Å²) in [6.07, 6.45) is 1.29. The molecule has 1 aromatic carbocycles. The number of nitrogens with zero attached hydrogens (tertiary/aromatic N) is 1. The smallest absolute Gasteiger partial charge is 0.363 e. The van der Waals surface area contributed by atoms with Gasteiger partial charge in [-0.05, 0) is 18.2 Å². The highest BCUT2D eigenvalue weighted by atomic mass is 35.5. The van der Waals surface area contributed by atoms with Crippen molar-refractivity contribution in [3.05, 3.63) is 47.3 Å². The molecule has 2 aromatic rings. The van der Waals surface area contributed by atoms with Gasteiger partial charge in [-0.15, -0.1) is 0 Å². The molecule has 1 aromatic heterocycles. The highest BCUT2D eigenvalue weighted by Gasteiger charge is 2.10. The minimum atomic E-state index is -0.610. The second-order valence-electron chi connectivity index (χ2n) is 3.04. The van der Waals surface area contributed by atoms with Crippen molar-refractivity contribution in [2.75, 3.05) is 6.79 Å². The fourth-order valence-electron chi connectivity index (χ4n) is 1.10. The topological polar surface area (TPSA) is 61.6 Å². The Morgan fingerprint density at radius 3 is 3.00 bits per heavy atom. The molecule has 88 valence electrons. The minimum absolute atomic E-state index is 0.0969. The van der Waals surface area contributed by atoms with E-state index in [9.17, 15) is 4.79 Å². The third kappa shape index (κ3) is 3.22. The maximum atomic E-state index is 11.3. The summed E-state index contributed by atoms with van der Waals surface area (Å²) in [7, 11) is 0. The van der Waals surface area contributed by atoms with Crippen LogP contribution in [0, 0.1) is 0 Å². The van der Waals surface area contributed by atoms with Gasteiger partial charge in [-0.3, -0.25) is 0 Å². The van der Waals surface area contributed by atoms with E-state index >= 15 is 0 Å². The van der Waals surface area contributed by atoms with Gasteiger partial charge in [-0.1, -0.05) is 22.8 Å². The van der Waals surface area contributed by atoms with E-state index in [1.807, 2.05) is 0 Å². The number of aromatic nitrogens is 1. The van der Waals surface area contributed by atoms with Crippen molar-refractivity contribution in [2.24, 2.45) is 0 Å². The van der Waals surface area contributed by atoms with Crippen molar-refractivity contribution in [1.82, 2.24) is 5.16 Å². The third-order valence-corrected chi connectivity index (χ3v) is 2.09. The van der Waals surface area contributed by atoms with Gasteiger partial charge in [-0.25, -0.2) is 4.79 Å². The van der Waals surface area contributed by atoms with Gasteiger partial charge in [0.25, 0.3) is 0 Å². The molecule has 0 atom stereocenters. The molecule has 0 unspecified atom stereocenters. The van der Waals surface area contributed by atoms with Crippen LogP contribution in [-0.4, -0.2) is 17.9 Å². The van der Waals surface area contributed by atoms with Gasteiger partial charge in [-0.2, -0.15) is 0 Å². The van der Waals surface area contributed by atoms with Crippen LogP contribution in [0.15, 0.2) is 41.1 Å². The maximum absolute atomic E-state index is 11.3. The van der Waals surface area contributed by atoms with Crippen LogP contribution in [0.2, 0.25) is 5.02 Å². The highest BCUT2D eigenvalue weighted by Crippen LogP contribution is 2.17. The average molecular weight is 254 g/mol. The molecular formula is C11H8ClNO4. The van der Waals surface area contributed by atoms with Crippen LogP contribution < -0.4 is 4.74 Å². The van der Waals surface area contributed by atoms with Crippen LogP contribution in [0.3, 0.4) is 0 Å². The van der Waals surface area contributed by atoms with E-state index in [2.05, 4.69) is 9.68 Å². The van der Waals surface area contributed by atoms with E-state index in [0.717, 1.165) is 0 Å². The Kier molecular flexibility index (Phi) is 3.62. The molecule has 0 aliphatic rings. The zero-order valence-corrected chi connectivity index (χ0v) is 9.39. The molecule has 0 aliphatic carbocycles. The van der Waals surface area contributed by atoms with Crippen LogP contribution in [0.4, 0.5) is 0 Å². The first-order valence-electron chi connectivity index (χ1n) is 4.71. The number of ether oxygens (including phenoxy) is 2. The Balaban J connectivity index is 1.82. The number of rotatable bonds is 4. The van der Waals surface area contributed by atoms with Crippen LogP contribution in [0.5, 0.6) is 5.75 Å². The summed E-state index contributed by atoms with van der Waals surface area (Å²) in [5.41, 5.74) is 0.0969. The molecule has 0 fully saturated rings. The van der Waals surface area contributed by atoms with Crippen LogP contribution in [0.1, 0.15) is 10.5 Å². The van der Waals surface area contributed by atoms with Gasteiger partial charge in [0, 0.05) is 11.1 Å². The Bertz CT molecular complexity index is 498. The molecule has 0 N–H and O–H groups in total. The molecule has 0 aliphatic heterocycles. The van der Waals surface area contributed by atoms with Gasteiger partial charge in [0.2, 0.25) is 6.79 Å². The SMILES string of the molecule is O=C(OCOc1cccc(Cl)c1)c1ccon1. The number of hydrogen-bond acceptors (Lipinski definition) is 5. The minimum Gasteiger partial charge on any atom is -0.457 e. The Labute approximate surface area is 102 Å². The summed E-state index contributed by atoms with van der Waals surface area (Å²) >= 11 is 5.76. The van der Waals surface area contributed by atoms with Crippen molar-refractivity contribution < 1.29 is 18.8 Å². The zero-order valence-electron chi connectivity index (χ0n) is 8.63. The molecule has 1 heterocycles. The van der Waals surface area contributed by atoms with E-state index in [-0.39, 0.29) is 12.5 Å². The monoisotopic (exact) mass is 253 g/mol. The van der Waals surface area contributed by atoms with E-state index in [0.29, 0.717) is 10.8 Å².